The molecule has 1 atom stereocenters. The Bertz CT molecular complexity index is 903. The van der Waals surface area contributed by atoms with Gasteiger partial charge in [0.15, 0.2) is 0 Å². The maximum atomic E-state index is 12.7. The Morgan fingerprint density at radius 3 is 2.27 bits per heavy atom. The molecule has 0 aliphatic carbocycles. The van der Waals surface area contributed by atoms with E-state index >= 15 is 0 Å². The first kappa shape index (κ1) is 18.4. The van der Waals surface area contributed by atoms with Gasteiger partial charge in [0.1, 0.15) is 11.8 Å². The average molecular weight is 374 g/mol. The lowest BCUT2D eigenvalue weighted by Gasteiger charge is -2.18. The van der Waals surface area contributed by atoms with Gasteiger partial charge in [0.2, 0.25) is 15.9 Å². The molecule has 1 unspecified atom stereocenters. The van der Waals surface area contributed by atoms with Gasteiger partial charge >= 0.3 is 0 Å². The van der Waals surface area contributed by atoms with E-state index in [1.54, 1.807) is 17.0 Å². The Morgan fingerprint density at radius 1 is 1.08 bits per heavy atom. The zero-order chi connectivity index (χ0) is 18.9. The zero-order valence-electron chi connectivity index (χ0n) is 15.0. The fourth-order valence-electron chi connectivity index (χ4n) is 3.16. The summed E-state index contributed by atoms with van der Waals surface area (Å²) in [6.45, 7) is 4.43. The Kier molecular flexibility index (Phi) is 5.02. The first-order valence-electron chi connectivity index (χ1n) is 8.36. The highest BCUT2D eigenvalue weighted by Crippen LogP contribution is 2.25. The molecule has 7 heteroatoms. The minimum absolute atomic E-state index is 0.107. The van der Waals surface area contributed by atoms with Crippen molar-refractivity contribution in [2.45, 2.75) is 31.2 Å². The summed E-state index contributed by atoms with van der Waals surface area (Å²) >= 11 is 0. The highest BCUT2D eigenvalue weighted by Gasteiger charge is 2.35. The van der Waals surface area contributed by atoms with Crippen LogP contribution in [0.15, 0.2) is 47.4 Å². The fourth-order valence-corrected chi connectivity index (χ4v) is 4.39. The van der Waals surface area contributed by atoms with Crippen molar-refractivity contribution >= 4 is 21.6 Å². The second kappa shape index (κ2) is 7.09. The van der Waals surface area contributed by atoms with Crippen LogP contribution in [0.25, 0.3) is 0 Å². The van der Waals surface area contributed by atoms with Crippen molar-refractivity contribution in [1.29, 1.82) is 0 Å². The number of hydrogen-bond donors (Lipinski definition) is 1. The summed E-state index contributed by atoms with van der Waals surface area (Å²) in [4.78, 5) is 14.5. The van der Waals surface area contributed by atoms with Gasteiger partial charge in [-0.25, -0.2) is 8.42 Å². The highest BCUT2D eigenvalue weighted by molar-refractivity contribution is 7.89. The lowest BCUT2D eigenvalue weighted by atomic mass is 10.1. The topological polar surface area (TPSA) is 75.7 Å². The molecule has 1 saturated heterocycles. The number of amides is 1. The number of nitrogens with one attached hydrogen (secondary N) is 1. The van der Waals surface area contributed by atoms with Crippen molar-refractivity contribution < 1.29 is 17.9 Å². The van der Waals surface area contributed by atoms with Gasteiger partial charge in [-0.05, 0) is 67.8 Å². The van der Waals surface area contributed by atoms with Crippen LogP contribution in [0.4, 0.5) is 5.69 Å². The molecule has 26 heavy (non-hydrogen) atoms. The number of nitrogens with zero attached hydrogens (tertiary/aromatic N) is 1. The quantitative estimate of drug-likeness (QED) is 0.872. The number of ether oxygens (including phenoxy) is 1. The summed E-state index contributed by atoms with van der Waals surface area (Å²) in [5, 5.41) is 0. The molecule has 138 valence electrons. The molecular weight excluding hydrogens is 352 g/mol. The zero-order valence-corrected chi connectivity index (χ0v) is 15.8. The molecule has 0 radical (unpaired) electrons. The van der Waals surface area contributed by atoms with Gasteiger partial charge in [-0.2, -0.15) is 4.72 Å². The van der Waals surface area contributed by atoms with E-state index in [4.69, 9.17) is 4.74 Å². The van der Waals surface area contributed by atoms with Crippen LogP contribution in [-0.2, 0) is 14.8 Å². The van der Waals surface area contributed by atoms with Gasteiger partial charge in [-0.3, -0.25) is 4.79 Å². The first-order chi connectivity index (χ1) is 12.3. The highest BCUT2D eigenvalue weighted by atomic mass is 32.2. The van der Waals surface area contributed by atoms with E-state index in [1.165, 1.54) is 19.2 Å². The van der Waals surface area contributed by atoms with E-state index in [1.807, 2.05) is 32.0 Å². The third kappa shape index (κ3) is 3.73. The van der Waals surface area contributed by atoms with Gasteiger partial charge < -0.3 is 9.64 Å². The van der Waals surface area contributed by atoms with Gasteiger partial charge in [0.05, 0.1) is 12.0 Å². The lowest BCUT2D eigenvalue weighted by molar-refractivity contribution is -0.118. The molecule has 3 rings (SSSR count). The molecule has 1 N–H and O–H groups in total. The Labute approximate surface area is 153 Å². The summed E-state index contributed by atoms with van der Waals surface area (Å²) < 4.78 is 32.7. The van der Waals surface area contributed by atoms with Crippen molar-refractivity contribution in [2.75, 3.05) is 18.6 Å². The molecule has 1 fully saturated rings. The minimum atomic E-state index is -3.78. The first-order valence-corrected chi connectivity index (χ1v) is 9.84. The number of rotatable bonds is 5. The third-order valence-electron chi connectivity index (χ3n) is 4.39. The fraction of sp³-hybridized carbons (Fsp3) is 0.316. The molecule has 0 spiro atoms. The van der Waals surface area contributed by atoms with Crippen LogP contribution in [0.3, 0.4) is 0 Å². The maximum absolute atomic E-state index is 12.7. The predicted octanol–water partition coefficient (Wildman–Crippen LogP) is 2.40. The number of carbonyl (C=O) groups is 1. The van der Waals surface area contributed by atoms with Crippen LogP contribution in [0.1, 0.15) is 17.5 Å². The lowest BCUT2D eigenvalue weighted by Crippen LogP contribution is -2.41. The summed E-state index contributed by atoms with van der Waals surface area (Å²) in [6, 6.07) is 11.2. The van der Waals surface area contributed by atoms with Crippen molar-refractivity contribution in [3.05, 3.63) is 53.6 Å². The number of methoxy groups -OCH3 is 1. The number of sulfonamides is 1. The largest absolute Gasteiger partial charge is 0.497 e. The Hall–Kier alpha value is -2.38. The van der Waals surface area contributed by atoms with Crippen molar-refractivity contribution in [3.63, 3.8) is 0 Å². The molecule has 1 amide bonds. The van der Waals surface area contributed by atoms with Crippen molar-refractivity contribution in [1.82, 2.24) is 4.72 Å². The monoisotopic (exact) mass is 374 g/mol. The SMILES string of the molecule is COc1ccc(S(=O)(=O)NC2CCN(c3cc(C)cc(C)c3)C2=O)cc1. The molecule has 2 aromatic carbocycles. The molecule has 1 heterocycles. The van der Waals surface area contributed by atoms with Crippen LogP contribution in [0.5, 0.6) is 5.75 Å². The average Bonchev–Trinajstić information content (AvgIpc) is 2.94. The van der Waals surface area contributed by atoms with Gasteiger partial charge in [0, 0.05) is 12.2 Å². The van der Waals surface area contributed by atoms with Crippen molar-refractivity contribution in [3.8, 4) is 5.75 Å². The molecule has 0 bridgehead atoms. The van der Waals surface area contributed by atoms with E-state index in [0.29, 0.717) is 18.7 Å². The number of carbonyl (C=O) groups excluding carboxylic acids is 1. The molecule has 0 saturated carbocycles. The van der Waals surface area contributed by atoms with Crippen LogP contribution in [0, 0.1) is 13.8 Å². The van der Waals surface area contributed by atoms with Gasteiger partial charge in [0.25, 0.3) is 0 Å². The summed E-state index contributed by atoms with van der Waals surface area (Å²) in [7, 11) is -2.26. The van der Waals surface area contributed by atoms with E-state index in [9.17, 15) is 13.2 Å². The maximum Gasteiger partial charge on any atom is 0.245 e. The van der Waals surface area contributed by atoms with E-state index in [0.717, 1.165) is 16.8 Å². The van der Waals surface area contributed by atoms with Crippen LogP contribution in [-0.4, -0.2) is 34.0 Å². The molecule has 1 aliphatic rings. The third-order valence-corrected chi connectivity index (χ3v) is 5.88. The van der Waals surface area contributed by atoms with Crippen LogP contribution >= 0.6 is 0 Å². The number of hydrogen-bond acceptors (Lipinski definition) is 4. The smallest absolute Gasteiger partial charge is 0.245 e. The van der Waals surface area contributed by atoms with E-state index in [-0.39, 0.29) is 10.8 Å². The molecular formula is C19H22N2O4S. The second-order valence-corrected chi connectivity index (χ2v) is 8.19. The molecule has 0 aromatic heterocycles. The summed E-state index contributed by atoms with van der Waals surface area (Å²) in [5.41, 5.74) is 2.93. The molecule has 2 aromatic rings. The van der Waals surface area contributed by atoms with Gasteiger partial charge in [-0.1, -0.05) is 6.07 Å². The number of benzene rings is 2. The second-order valence-electron chi connectivity index (χ2n) is 6.47. The van der Waals surface area contributed by atoms with Crippen LogP contribution < -0.4 is 14.4 Å². The Morgan fingerprint density at radius 2 is 1.69 bits per heavy atom. The van der Waals surface area contributed by atoms with Gasteiger partial charge in [-0.15, -0.1) is 0 Å². The Balaban J connectivity index is 1.77. The molecule has 1 aliphatic heterocycles. The standard InChI is InChI=1S/C19H22N2O4S/c1-13-10-14(2)12-15(11-13)21-9-8-18(19(21)22)20-26(23,24)17-6-4-16(25-3)5-7-17/h4-7,10-12,18,20H,8-9H2,1-3H3. The van der Waals surface area contributed by atoms with Crippen molar-refractivity contribution in [2.24, 2.45) is 0 Å². The molecule has 6 nitrogen and oxygen atoms in total. The predicted molar refractivity (Wildman–Crippen MR) is 100.0 cm³/mol. The normalized spacial score (nSPS) is 17.6. The minimum Gasteiger partial charge on any atom is -0.497 e. The number of anilines is 1. The summed E-state index contributed by atoms with van der Waals surface area (Å²) in [5.74, 6) is 0.342. The van der Waals surface area contributed by atoms with E-state index < -0.39 is 16.1 Å². The van der Waals surface area contributed by atoms with E-state index in [2.05, 4.69) is 4.72 Å². The van der Waals surface area contributed by atoms with Crippen LogP contribution in [0.2, 0.25) is 0 Å². The summed E-state index contributed by atoms with van der Waals surface area (Å²) in [6.07, 6.45) is 0.432. The number of aryl methyl sites for hydroxylation is 2.